The SMILES string of the molecule is COCC1(CNC(=O)c2cc(OC)c(OC)cc2OC)CCCN1. The van der Waals surface area contributed by atoms with Crippen molar-refractivity contribution in [1.82, 2.24) is 10.6 Å². The van der Waals surface area contributed by atoms with Crippen LogP contribution >= 0.6 is 0 Å². The van der Waals surface area contributed by atoms with Crippen LogP contribution in [0.3, 0.4) is 0 Å². The number of amides is 1. The number of methoxy groups -OCH3 is 4. The van der Waals surface area contributed by atoms with Gasteiger partial charge in [-0.25, -0.2) is 0 Å². The van der Waals surface area contributed by atoms with Crippen LogP contribution < -0.4 is 24.8 Å². The number of hydrogen-bond acceptors (Lipinski definition) is 6. The molecule has 7 heteroatoms. The fraction of sp³-hybridized carbons (Fsp3) is 0.588. The second kappa shape index (κ2) is 8.21. The number of hydrogen-bond donors (Lipinski definition) is 2. The number of benzene rings is 1. The summed E-state index contributed by atoms with van der Waals surface area (Å²) < 4.78 is 21.1. The Hall–Kier alpha value is -1.99. The Morgan fingerprint density at radius 1 is 1.12 bits per heavy atom. The first kappa shape index (κ1) is 18.4. The van der Waals surface area contributed by atoms with Gasteiger partial charge in [-0.05, 0) is 19.4 Å². The number of ether oxygens (including phenoxy) is 4. The molecule has 1 aliphatic rings. The maximum absolute atomic E-state index is 12.6. The van der Waals surface area contributed by atoms with Crippen LogP contribution in [0.1, 0.15) is 23.2 Å². The lowest BCUT2D eigenvalue weighted by atomic mass is 9.98. The molecular weight excluding hydrogens is 312 g/mol. The van der Waals surface area contributed by atoms with E-state index in [-0.39, 0.29) is 11.4 Å². The molecule has 0 radical (unpaired) electrons. The van der Waals surface area contributed by atoms with Gasteiger partial charge in [0, 0.05) is 25.8 Å². The third-order valence-corrected chi connectivity index (χ3v) is 4.29. The summed E-state index contributed by atoms with van der Waals surface area (Å²) in [7, 11) is 6.25. The highest BCUT2D eigenvalue weighted by atomic mass is 16.5. The molecule has 1 heterocycles. The fourth-order valence-electron chi connectivity index (χ4n) is 3.02. The highest BCUT2D eigenvalue weighted by Crippen LogP contribution is 2.34. The average molecular weight is 338 g/mol. The summed E-state index contributed by atoms with van der Waals surface area (Å²) in [6.45, 7) is 1.96. The number of carbonyl (C=O) groups is 1. The van der Waals surface area contributed by atoms with E-state index in [1.165, 1.54) is 21.3 Å². The molecule has 1 atom stereocenters. The molecule has 24 heavy (non-hydrogen) atoms. The predicted octanol–water partition coefficient (Wildman–Crippen LogP) is 1.21. The van der Waals surface area contributed by atoms with Gasteiger partial charge in [-0.1, -0.05) is 0 Å². The molecule has 2 rings (SSSR count). The molecule has 1 aliphatic heterocycles. The lowest BCUT2D eigenvalue weighted by Gasteiger charge is -2.29. The quantitative estimate of drug-likeness (QED) is 0.742. The minimum absolute atomic E-state index is 0.214. The van der Waals surface area contributed by atoms with Crippen LogP contribution in [-0.4, -0.2) is 59.6 Å². The molecule has 0 aliphatic carbocycles. The molecule has 1 aromatic rings. The van der Waals surface area contributed by atoms with Gasteiger partial charge in [-0.2, -0.15) is 0 Å². The lowest BCUT2D eigenvalue weighted by Crippen LogP contribution is -2.53. The van der Waals surface area contributed by atoms with Crippen LogP contribution in [0.15, 0.2) is 12.1 Å². The maximum atomic E-state index is 12.6. The van der Waals surface area contributed by atoms with Crippen molar-refractivity contribution in [3.05, 3.63) is 17.7 Å². The van der Waals surface area contributed by atoms with Crippen molar-refractivity contribution in [1.29, 1.82) is 0 Å². The van der Waals surface area contributed by atoms with Crippen LogP contribution in [0, 0.1) is 0 Å². The fourth-order valence-corrected chi connectivity index (χ4v) is 3.02. The Balaban J connectivity index is 2.16. The standard InChI is InChI=1S/C17H26N2O5/c1-21-11-17(6-5-7-19-17)10-18-16(20)12-8-14(23-3)15(24-4)9-13(12)22-2/h8-9,19H,5-7,10-11H2,1-4H3,(H,18,20). The second-order valence-corrected chi connectivity index (χ2v) is 5.83. The van der Waals surface area contributed by atoms with Gasteiger partial charge in [0.25, 0.3) is 5.91 Å². The molecule has 1 aromatic carbocycles. The summed E-state index contributed by atoms with van der Waals surface area (Å²) in [5.74, 6) is 1.20. The topological polar surface area (TPSA) is 78.1 Å². The van der Waals surface area contributed by atoms with Crippen molar-refractivity contribution in [2.45, 2.75) is 18.4 Å². The first-order valence-electron chi connectivity index (χ1n) is 7.91. The first-order chi connectivity index (χ1) is 11.6. The maximum Gasteiger partial charge on any atom is 0.255 e. The van der Waals surface area contributed by atoms with E-state index < -0.39 is 0 Å². The van der Waals surface area contributed by atoms with Crippen LogP contribution in [-0.2, 0) is 4.74 Å². The van der Waals surface area contributed by atoms with E-state index in [4.69, 9.17) is 18.9 Å². The lowest BCUT2D eigenvalue weighted by molar-refractivity contribution is 0.0889. The van der Waals surface area contributed by atoms with Crippen LogP contribution in [0.25, 0.3) is 0 Å². The molecule has 7 nitrogen and oxygen atoms in total. The predicted molar refractivity (Wildman–Crippen MR) is 90.3 cm³/mol. The molecule has 0 aromatic heterocycles. The number of nitrogens with one attached hydrogen (secondary N) is 2. The van der Waals surface area contributed by atoms with E-state index >= 15 is 0 Å². The zero-order chi connectivity index (χ0) is 17.6. The number of carbonyl (C=O) groups excluding carboxylic acids is 1. The Labute approximate surface area is 142 Å². The third kappa shape index (κ3) is 3.91. The van der Waals surface area contributed by atoms with E-state index in [0.29, 0.717) is 36.0 Å². The van der Waals surface area contributed by atoms with Gasteiger partial charge in [0.2, 0.25) is 0 Å². The molecule has 1 amide bonds. The highest BCUT2D eigenvalue weighted by molar-refractivity contribution is 5.97. The molecule has 1 fully saturated rings. The molecule has 0 bridgehead atoms. The Kier molecular flexibility index (Phi) is 6.28. The van der Waals surface area contributed by atoms with E-state index in [1.54, 1.807) is 19.2 Å². The van der Waals surface area contributed by atoms with Gasteiger partial charge < -0.3 is 29.6 Å². The Bertz CT molecular complexity index is 570. The van der Waals surface area contributed by atoms with Gasteiger partial charge in [-0.3, -0.25) is 4.79 Å². The van der Waals surface area contributed by atoms with Crippen molar-refractivity contribution >= 4 is 5.91 Å². The van der Waals surface area contributed by atoms with Crippen molar-refractivity contribution in [2.75, 3.05) is 48.1 Å². The van der Waals surface area contributed by atoms with Gasteiger partial charge in [0.05, 0.1) is 39.0 Å². The Morgan fingerprint density at radius 3 is 2.33 bits per heavy atom. The van der Waals surface area contributed by atoms with Crippen LogP contribution in [0.2, 0.25) is 0 Å². The van der Waals surface area contributed by atoms with Crippen LogP contribution in [0.4, 0.5) is 0 Å². The van der Waals surface area contributed by atoms with Gasteiger partial charge in [0.15, 0.2) is 11.5 Å². The highest BCUT2D eigenvalue weighted by Gasteiger charge is 2.34. The first-order valence-corrected chi connectivity index (χ1v) is 7.91. The molecule has 2 N–H and O–H groups in total. The monoisotopic (exact) mass is 338 g/mol. The zero-order valence-electron chi connectivity index (χ0n) is 14.7. The summed E-state index contributed by atoms with van der Waals surface area (Å²) in [4.78, 5) is 12.6. The largest absolute Gasteiger partial charge is 0.496 e. The molecule has 0 spiro atoms. The van der Waals surface area contributed by atoms with Crippen LogP contribution in [0.5, 0.6) is 17.2 Å². The average Bonchev–Trinajstić information content (AvgIpc) is 3.07. The summed E-state index contributed by atoms with van der Waals surface area (Å²) >= 11 is 0. The normalized spacial score (nSPS) is 19.8. The number of rotatable bonds is 8. The molecular formula is C17H26N2O5. The minimum atomic E-state index is -0.225. The Morgan fingerprint density at radius 2 is 1.79 bits per heavy atom. The second-order valence-electron chi connectivity index (χ2n) is 5.83. The summed E-state index contributed by atoms with van der Waals surface area (Å²) in [6, 6.07) is 3.27. The molecule has 0 saturated carbocycles. The van der Waals surface area contributed by atoms with Crippen molar-refractivity contribution in [2.24, 2.45) is 0 Å². The van der Waals surface area contributed by atoms with E-state index in [0.717, 1.165) is 19.4 Å². The van der Waals surface area contributed by atoms with Gasteiger partial charge in [-0.15, -0.1) is 0 Å². The third-order valence-electron chi connectivity index (χ3n) is 4.29. The van der Waals surface area contributed by atoms with Crippen molar-refractivity contribution < 1.29 is 23.7 Å². The van der Waals surface area contributed by atoms with E-state index in [1.807, 2.05) is 0 Å². The molecule has 1 saturated heterocycles. The van der Waals surface area contributed by atoms with E-state index in [9.17, 15) is 4.79 Å². The van der Waals surface area contributed by atoms with Crippen molar-refractivity contribution in [3.63, 3.8) is 0 Å². The molecule has 1 unspecified atom stereocenters. The van der Waals surface area contributed by atoms with Crippen molar-refractivity contribution in [3.8, 4) is 17.2 Å². The van der Waals surface area contributed by atoms with Gasteiger partial charge >= 0.3 is 0 Å². The summed E-state index contributed by atoms with van der Waals surface area (Å²) in [5.41, 5.74) is 0.189. The van der Waals surface area contributed by atoms with E-state index in [2.05, 4.69) is 10.6 Å². The zero-order valence-corrected chi connectivity index (χ0v) is 14.7. The summed E-state index contributed by atoms with van der Waals surface area (Å²) in [5, 5.41) is 6.40. The summed E-state index contributed by atoms with van der Waals surface area (Å²) in [6.07, 6.45) is 2.03. The smallest absolute Gasteiger partial charge is 0.255 e. The molecule has 134 valence electrons. The van der Waals surface area contributed by atoms with Gasteiger partial charge in [0.1, 0.15) is 5.75 Å². The minimum Gasteiger partial charge on any atom is -0.496 e.